The summed E-state index contributed by atoms with van der Waals surface area (Å²) in [6, 6.07) is 9.23. The van der Waals surface area contributed by atoms with Crippen molar-refractivity contribution >= 4 is 11.9 Å². The predicted octanol–water partition coefficient (Wildman–Crippen LogP) is 2.33. The van der Waals surface area contributed by atoms with Crippen molar-refractivity contribution in [1.82, 2.24) is 0 Å². The zero-order valence-electron chi connectivity index (χ0n) is 9.33. The molecule has 2 rings (SSSR count). The van der Waals surface area contributed by atoms with Gasteiger partial charge in [-0.25, -0.2) is 9.59 Å². The average molecular weight is 246 g/mol. The average Bonchev–Trinajstić information content (AvgIpc) is 2.89. The Morgan fingerprint density at radius 3 is 2.44 bits per heavy atom. The normalized spacial score (nSPS) is 10.0. The zero-order valence-corrected chi connectivity index (χ0v) is 9.33. The van der Waals surface area contributed by atoms with Crippen LogP contribution in [0.5, 0.6) is 0 Å². The smallest absolute Gasteiger partial charge is 0.339 e. The maximum Gasteiger partial charge on any atom is 0.339 e. The Morgan fingerprint density at radius 1 is 1.11 bits per heavy atom. The minimum atomic E-state index is -1.17. The van der Waals surface area contributed by atoms with Crippen LogP contribution in [-0.4, -0.2) is 17.0 Å². The van der Waals surface area contributed by atoms with E-state index in [1.807, 2.05) is 0 Å². The number of hydrogen-bond acceptors (Lipinski definition) is 4. The first-order chi connectivity index (χ1) is 8.68. The number of rotatable bonds is 4. The van der Waals surface area contributed by atoms with Gasteiger partial charge in [0.25, 0.3) is 0 Å². The van der Waals surface area contributed by atoms with Gasteiger partial charge in [0.1, 0.15) is 12.4 Å². The Kier molecular flexibility index (Phi) is 3.43. The molecule has 1 aromatic heterocycles. The molecule has 0 atom stereocenters. The van der Waals surface area contributed by atoms with Crippen LogP contribution in [0.4, 0.5) is 0 Å². The highest BCUT2D eigenvalue weighted by atomic mass is 16.5. The van der Waals surface area contributed by atoms with E-state index in [4.69, 9.17) is 14.3 Å². The Labute approximate surface area is 103 Å². The number of hydrogen-bond donors (Lipinski definition) is 1. The number of ether oxygens (including phenoxy) is 1. The number of esters is 1. The Balaban J connectivity index is 2.11. The molecule has 0 saturated carbocycles. The molecule has 1 N–H and O–H groups in total. The molecule has 0 spiro atoms. The fourth-order valence-corrected chi connectivity index (χ4v) is 1.46. The molecule has 0 unspecified atom stereocenters. The van der Waals surface area contributed by atoms with E-state index in [-0.39, 0.29) is 17.7 Å². The lowest BCUT2D eigenvalue weighted by Gasteiger charge is -2.05. The van der Waals surface area contributed by atoms with Gasteiger partial charge in [0.05, 0.1) is 17.4 Å². The molecular formula is C13H10O5. The summed E-state index contributed by atoms with van der Waals surface area (Å²) in [5, 5.41) is 8.94. The quantitative estimate of drug-likeness (QED) is 0.838. The molecule has 0 aliphatic carbocycles. The fourth-order valence-electron chi connectivity index (χ4n) is 1.46. The second kappa shape index (κ2) is 5.18. The van der Waals surface area contributed by atoms with Crippen molar-refractivity contribution in [2.75, 3.05) is 0 Å². The van der Waals surface area contributed by atoms with Gasteiger partial charge in [-0.3, -0.25) is 0 Å². The first-order valence-corrected chi connectivity index (χ1v) is 5.20. The van der Waals surface area contributed by atoms with E-state index in [0.29, 0.717) is 5.76 Å². The summed E-state index contributed by atoms with van der Waals surface area (Å²) in [6.45, 7) is -0.0280. The van der Waals surface area contributed by atoms with Gasteiger partial charge in [-0.15, -0.1) is 0 Å². The summed E-state index contributed by atoms with van der Waals surface area (Å²) >= 11 is 0. The van der Waals surface area contributed by atoms with Gasteiger partial charge >= 0.3 is 11.9 Å². The minimum Gasteiger partial charge on any atom is -0.478 e. The van der Waals surface area contributed by atoms with Gasteiger partial charge in [0, 0.05) is 0 Å². The zero-order chi connectivity index (χ0) is 13.0. The first kappa shape index (κ1) is 11.9. The van der Waals surface area contributed by atoms with Crippen molar-refractivity contribution in [1.29, 1.82) is 0 Å². The molecule has 0 amide bonds. The standard InChI is InChI=1S/C13H10O5/c14-12(15)10-5-1-2-6-11(10)13(16)18-8-9-4-3-7-17-9/h1-7H,8H2,(H,14,15). The molecule has 1 aromatic carbocycles. The lowest BCUT2D eigenvalue weighted by Crippen LogP contribution is -2.11. The van der Waals surface area contributed by atoms with Crippen molar-refractivity contribution in [3.05, 3.63) is 59.5 Å². The molecule has 5 nitrogen and oxygen atoms in total. The summed E-state index contributed by atoms with van der Waals surface area (Å²) in [4.78, 5) is 22.7. The second-order valence-electron chi connectivity index (χ2n) is 3.51. The number of carboxylic acids is 1. The maximum atomic E-state index is 11.7. The molecule has 0 aliphatic rings. The van der Waals surface area contributed by atoms with Crippen LogP contribution < -0.4 is 0 Å². The Morgan fingerprint density at radius 2 is 1.83 bits per heavy atom. The van der Waals surface area contributed by atoms with Crippen LogP contribution in [0.2, 0.25) is 0 Å². The molecule has 2 aromatic rings. The topological polar surface area (TPSA) is 76.7 Å². The van der Waals surface area contributed by atoms with E-state index in [2.05, 4.69) is 0 Å². The molecule has 5 heteroatoms. The number of carboxylic acid groups (broad SMARTS) is 1. The van der Waals surface area contributed by atoms with Crippen molar-refractivity contribution in [2.45, 2.75) is 6.61 Å². The molecule has 0 radical (unpaired) electrons. The lowest BCUT2D eigenvalue weighted by molar-refractivity contribution is 0.0437. The molecule has 0 aliphatic heterocycles. The van der Waals surface area contributed by atoms with Crippen molar-refractivity contribution in [3.8, 4) is 0 Å². The third-order valence-electron chi connectivity index (χ3n) is 2.30. The third kappa shape index (κ3) is 2.57. The highest BCUT2D eigenvalue weighted by Crippen LogP contribution is 2.12. The molecule has 18 heavy (non-hydrogen) atoms. The molecule has 0 fully saturated rings. The van der Waals surface area contributed by atoms with Gasteiger partial charge in [0.2, 0.25) is 0 Å². The van der Waals surface area contributed by atoms with E-state index >= 15 is 0 Å². The Bertz CT molecular complexity index is 557. The SMILES string of the molecule is O=C(O)c1ccccc1C(=O)OCc1ccco1. The number of carbonyl (C=O) groups excluding carboxylic acids is 1. The van der Waals surface area contributed by atoms with Crippen LogP contribution in [0.25, 0.3) is 0 Å². The molecule has 0 saturated heterocycles. The molecular weight excluding hydrogens is 236 g/mol. The second-order valence-corrected chi connectivity index (χ2v) is 3.51. The number of aromatic carboxylic acids is 1. The monoisotopic (exact) mass is 246 g/mol. The summed E-state index contributed by atoms with van der Waals surface area (Å²) in [6.07, 6.45) is 1.47. The van der Waals surface area contributed by atoms with Gasteiger partial charge in [-0.2, -0.15) is 0 Å². The number of benzene rings is 1. The van der Waals surface area contributed by atoms with Gasteiger partial charge in [-0.05, 0) is 24.3 Å². The highest BCUT2D eigenvalue weighted by molar-refractivity contribution is 6.02. The summed E-state index contributed by atoms with van der Waals surface area (Å²) in [5.41, 5.74) is -0.0569. The van der Waals surface area contributed by atoms with E-state index in [1.165, 1.54) is 18.4 Å². The predicted molar refractivity (Wildman–Crippen MR) is 61.2 cm³/mol. The van der Waals surface area contributed by atoms with E-state index in [9.17, 15) is 9.59 Å². The minimum absolute atomic E-state index is 0.0246. The first-order valence-electron chi connectivity index (χ1n) is 5.20. The van der Waals surface area contributed by atoms with Gasteiger partial charge < -0.3 is 14.3 Å². The van der Waals surface area contributed by atoms with Crippen LogP contribution in [0.1, 0.15) is 26.5 Å². The fraction of sp³-hybridized carbons (Fsp3) is 0.0769. The van der Waals surface area contributed by atoms with Gasteiger partial charge in [-0.1, -0.05) is 12.1 Å². The van der Waals surface area contributed by atoms with E-state index in [1.54, 1.807) is 24.3 Å². The van der Waals surface area contributed by atoms with E-state index in [0.717, 1.165) is 0 Å². The summed E-state index contributed by atoms with van der Waals surface area (Å²) in [5.74, 6) is -1.36. The van der Waals surface area contributed by atoms with Crippen LogP contribution in [0.15, 0.2) is 47.1 Å². The highest BCUT2D eigenvalue weighted by Gasteiger charge is 2.17. The largest absolute Gasteiger partial charge is 0.478 e. The van der Waals surface area contributed by atoms with Crippen LogP contribution in [-0.2, 0) is 11.3 Å². The lowest BCUT2D eigenvalue weighted by atomic mass is 10.1. The maximum absolute atomic E-state index is 11.7. The van der Waals surface area contributed by atoms with Crippen molar-refractivity contribution < 1.29 is 23.8 Å². The third-order valence-corrected chi connectivity index (χ3v) is 2.30. The molecule has 92 valence electrons. The van der Waals surface area contributed by atoms with Crippen LogP contribution in [0, 0.1) is 0 Å². The van der Waals surface area contributed by atoms with Crippen LogP contribution in [0.3, 0.4) is 0 Å². The number of furan rings is 1. The summed E-state index contributed by atoms with van der Waals surface area (Å²) < 4.78 is 9.97. The summed E-state index contributed by atoms with van der Waals surface area (Å²) in [7, 11) is 0. The number of carbonyl (C=O) groups is 2. The van der Waals surface area contributed by atoms with Crippen molar-refractivity contribution in [2.24, 2.45) is 0 Å². The Hall–Kier alpha value is -2.56. The van der Waals surface area contributed by atoms with E-state index < -0.39 is 11.9 Å². The molecule has 1 heterocycles. The molecule has 0 bridgehead atoms. The van der Waals surface area contributed by atoms with Crippen molar-refractivity contribution in [3.63, 3.8) is 0 Å². The van der Waals surface area contributed by atoms with Crippen LogP contribution >= 0.6 is 0 Å². The van der Waals surface area contributed by atoms with Gasteiger partial charge in [0.15, 0.2) is 0 Å².